The van der Waals surface area contributed by atoms with Crippen molar-refractivity contribution >= 4 is 23.6 Å². The Labute approximate surface area is 157 Å². The van der Waals surface area contributed by atoms with Crippen LogP contribution in [0.4, 0.5) is 5.69 Å². The van der Waals surface area contributed by atoms with Crippen LogP contribution in [0.3, 0.4) is 0 Å². The molecule has 0 aromatic heterocycles. The number of ether oxygens (including phenoxy) is 1. The lowest BCUT2D eigenvalue weighted by atomic mass is 10.1. The molecule has 1 atom stereocenters. The number of nitrogens with one attached hydrogen (secondary N) is 1. The van der Waals surface area contributed by atoms with Crippen LogP contribution < -0.4 is 10.1 Å². The highest BCUT2D eigenvalue weighted by Gasteiger charge is 2.13. The summed E-state index contributed by atoms with van der Waals surface area (Å²) in [5, 5.41) is 20.9. The van der Waals surface area contributed by atoms with Crippen LogP contribution >= 0.6 is 0 Å². The lowest BCUT2D eigenvalue weighted by Gasteiger charge is -2.10. The summed E-state index contributed by atoms with van der Waals surface area (Å²) in [6.45, 7) is 5.29. The number of aryl methyl sites for hydroxylation is 2. The molecule has 138 valence electrons. The molecule has 2 aromatic rings. The van der Waals surface area contributed by atoms with Crippen LogP contribution in [-0.2, 0) is 9.59 Å². The molecule has 0 saturated heterocycles. The Kier molecular flexibility index (Phi) is 6.34. The van der Waals surface area contributed by atoms with Crippen LogP contribution in [0.1, 0.15) is 23.6 Å². The van der Waals surface area contributed by atoms with Crippen LogP contribution in [0.2, 0.25) is 0 Å². The first-order chi connectivity index (χ1) is 12.8. The Hall–Kier alpha value is -3.59. The molecule has 2 rings (SSSR count). The van der Waals surface area contributed by atoms with Crippen molar-refractivity contribution in [2.75, 3.05) is 5.32 Å². The summed E-state index contributed by atoms with van der Waals surface area (Å²) in [5.41, 5.74) is 3.24. The fourth-order valence-electron chi connectivity index (χ4n) is 2.46. The van der Waals surface area contributed by atoms with E-state index in [1.807, 2.05) is 38.1 Å². The van der Waals surface area contributed by atoms with Gasteiger partial charge < -0.3 is 15.2 Å². The number of rotatable bonds is 6. The summed E-state index contributed by atoms with van der Waals surface area (Å²) in [6, 6.07) is 14.0. The second kappa shape index (κ2) is 8.68. The fourth-order valence-corrected chi connectivity index (χ4v) is 2.46. The van der Waals surface area contributed by atoms with E-state index in [0.29, 0.717) is 17.0 Å². The smallest absolute Gasteiger partial charge is 0.344 e. The van der Waals surface area contributed by atoms with E-state index in [4.69, 9.17) is 9.84 Å². The molecule has 0 unspecified atom stereocenters. The minimum absolute atomic E-state index is 0.0401. The number of carboxylic acid groups (broad SMARTS) is 1. The van der Waals surface area contributed by atoms with Gasteiger partial charge in [0.05, 0.1) is 0 Å². The Morgan fingerprint density at radius 1 is 1.15 bits per heavy atom. The van der Waals surface area contributed by atoms with Crippen molar-refractivity contribution in [3.63, 3.8) is 0 Å². The summed E-state index contributed by atoms with van der Waals surface area (Å²) >= 11 is 0. The molecule has 2 N–H and O–H groups in total. The second-order valence-electron chi connectivity index (χ2n) is 6.17. The van der Waals surface area contributed by atoms with Crippen LogP contribution in [0, 0.1) is 25.2 Å². The minimum Gasteiger partial charge on any atom is -0.479 e. The van der Waals surface area contributed by atoms with Crippen LogP contribution in [0.25, 0.3) is 6.08 Å². The molecule has 0 bridgehead atoms. The van der Waals surface area contributed by atoms with E-state index in [2.05, 4.69) is 5.32 Å². The van der Waals surface area contributed by atoms with Gasteiger partial charge in [0.1, 0.15) is 17.4 Å². The van der Waals surface area contributed by atoms with Crippen molar-refractivity contribution in [3.8, 4) is 11.8 Å². The third-order valence-electron chi connectivity index (χ3n) is 3.70. The van der Waals surface area contributed by atoms with Crippen molar-refractivity contribution < 1.29 is 19.4 Å². The number of carboxylic acids is 1. The van der Waals surface area contributed by atoms with Gasteiger partial charge >= 0.3 is 5.97 Å². The Morgan fingerprint density at radius 2 is 1.74 bits per heavy atom. The number of hydrogen-bond acceptors (Lipinski definition) is 4. The average Bonchev–Trinajstić information content (AvgIpc) is 2.59. The fraction of sp³-hybridized carbons (Fsp3) is 0.190. The first-order valence-corrected chi connectivity index (χ1v) is 8.29. The summed E-state index contributed by atoms with van der Waals surface area (Å²) in [4.78, 5) is 23.2. The standard InChI is InChI=1S/C21H20N2O4/c1-13-8-14(2)10-18(9-13)23-20(24)17(12-22)11-16-4-6-19(7-5-16)27-15(3)21(25)26/h4-11,15H,1-3H3,(H,23,24)(H,25,26)/b17-11-/t15-/m0/s1. The average molecular weight is 364 g/mol. The molecule has 0 aliphatic heterocycles. The number of aliphatic carboxylic acids is 1. The van der Waals surface area contributed by atoms with Crippen LogP contribution in [-0.4, -0.2) is 23.1 Å². The number of nitrogens with zero attached hydrogens (tertiary/aromatic N) is 1. The van der Waals surface area contributed by atoms with Gasteiger partial charge in [-0.15, -0.1) is 0 Å². The van der Waals surface area contributed by atoms with Gasteiger partial charge in [-0.05, 0) is 67.8 Å². The van der Waals surface area contributed by atoms with Crippen molar-refractivity contribution in [1.82, 2.24) is 0 Å². The van der Waals surface area contributed by atoms with Crippen molar-refractivity contribution in [3.05, 3.63) is 64.7 Å². The number of nitriles is 1. The van der Waals surface area contributed by atoms with E-state index in [0.717, 1.165) is 11.1 Å². The quantitative estimate of drug-likeness (QED) is 0.601. The van der Waals surface area contributed by atoms with E-state index >= 15 is 0 Å². The SMILES string of the molecule is Cc1cc(C)cc(NC(=O)/C(C#N)=C\c2ccc(O[C@@H](C)C(=O)O)cc2)c1. The number of benzene rings is 2. The molecule has 0 saturated carbocycles. The van der Waals surface area contributed by atoms with Crippen molar-refractivity contribution in [1.29, 1.82) is 5.26 Å². The molecule has 27 heavy (non-hydrogen) atoms. The van der Waals surface area contributed by atoms with Crippen molar-refractivity contribution in [2.24, 2.45) is 0 Å². The molecule has 2 aromatic carbocycles. The molecule has 0 fully saturated rings. The van der Waals surface area contributed by atoms with Crippen molar-refractivity contribution in [2.45, 2.75) is 26.9 Å². The maximum Gasteiger partial charge on any atom is 0.344 e. The lowest BCUT2D eigenvalue weighted by Crippen LogP contribution is -2.22. The predicted octanol–water partition coefficient (Wildman–Crippen LogP) is 3.70. The maximum absolute atomic E-state index is 12.4. The molecule has 0 radical (unpaired) electrons. The highest BCUT2D eigenvalue weighted by molar-refractivity contribution is 6.09. The number of carbonyl (C=O) groups excluding carboxylic acids is 1. The zero-order valence-corrected chi connectivity index (χ0v) is 15.3. The highest BCUT2D eigenvalue weighted by atomic mass is 16.5. The van der Waals surface area contributed by atoms with Gasteiger partial charge in [-0.3, -0.25) is 4.79 Å². The Bertz CT molecular complexity index is 904. The predicted molar refractivity (Wildman–Crippen MR) is 102 cm³/mol. The summed E-state index contributed by atoms with van der Waals surface area (Å²) in [7, 11) is 0. The first-order valence-electron chi connectivity index (χ1n) is 8.29. The summed E-state index contributed by atoms with van der Waals surface area (Å²) in [5.74, 6) is -1.17. The second-order valence-corrected chi connectivity index (χ2v) is 6.17. The van der Waals surface area contributed by atoms with Crippen LogP contribution in [0.5, 0.6) is 5.75 Å². The van der Waals surface area contributed by atoms with Gasteiger partial charge in [0, 0.05) is 5.69 Å². The summed E-state index contributed by atoms with van der Waals surface area (Å²) < 4.78 is 5.25. The molecule has 0 heterocycles. The molecule has 0 aliphatic rings. The first kappa shape index (κ1) is 19.7. The lowest BCUT2D eigenvalue weighted by molar-refractivity contribution is -0.144. The van der Waals surface area contributed by atoms with Gasteiger partial charge in [0.15, 0.2) is 6.10 Å². The van der Waals surface area contributed by atoms with Gasteiger partial charge in [0.25, 0.3) is 5.91 Å². The molecule has 0 aliphatic carbocycles. The van der Waals surface area contributed by atoms with Gasteiger partial charge in [0.2, 0.25) is 0 Å². The molecule has 6 heteroatoms. The normalized spacial score (nSPS) is 12.0. The largest absolute Gasteiger partial charge is 0.479 e. The third-order valence-corrected chi connectivity index (χ3v) is 3.70. The van der Waals surface area contributed by atoms with E-state index in [-0.39, 0.29) is 5.57 Å². The number of amides is 1. The van der Waals surface area contributed by atoms with Gasteiger partial charge in [-0.1, -0.05) is 18.2 Å². The summed E-state index contributed by atoms with van der Waals surface area (Å²) in [6.07, 6.45) is 0.493. The Morgan fingerprint density at radius 3 is 2.26 bits per heavy atom. The number of anilines is 1. The molecule has 1 amide bonds. The zero-order valence-electron chi connectivity index (χ0n) is 15.3. The van der Waals surface area contributed by atoms with Crippen LogP contribution in [0.15, 0.2) is 48.0 Å². The Balaban J connectivity index is 2.14. The number of carbonyl (C=O) groups is 2. The van der Waals surface area contributed by atoms with Gasteiger partial charge in [-0.2, -0.15) is 5.26 Å². The molecular weight excluding hydrogens is 344 g/mol. The van der Waals surface area contributed by atoms with E-state index in [9.17, 15) is 14.9 Å². The molecule has 6 nitrogen and oxygen atoms in total. The van der Waals surface area contributed by atoms with E-state index in [1.165, 1.54) is 13.0 Å². The maximum atomic E-state index is 12.4. The third kappa shape index (κ3) is 5.72. The number of hydrogen-bond donors (Lipinski definition) is 2. The highest BCUT2D eigenvalue weighted by Crippen LogP contribution is 2.18. The van der Waals surface area contributed by atoms with E-state index in [1.54, 1.807) is 24.3 Å². The monoisotopic (exact) mass is 364 g/mol. The topological polar surface area (TPSA) is 99.4 Å². The van der Waals surface area contributed by atoms with Gasteiger partial charge in [-0.25, -0.2) is 4.79 Å². The zero-order chi connectivity index (χ0) is 20.0. The minimum atomic E-state index is -1.06. The molecule has 0 spiro atoms. The molecular formula is C21H20N2O4. The van der Waals surface area contributed by atoms with E-state index < -0.39 is 18.0 Å².